The molecule has 0 heterocycles. The molecule has 0 saturated carbocycles. The maximum absolute atomic E-state index is 11.6. The van der Waals surface area contributed by atoms with Gasteiger partial charge >= 0.3 is 5.97 Å². The van der Waals surface area contributed by atoms with Gasteiger partial charge in [0.2, 0.25) is 0 Å². The number of carbonyl (C=O) groups excluding carboxylic acids is 1. The lowest BCUT2D eigenvalue weighted by Gasteiger charge is -2.04. The molecule has 0 aromatic heterocycles. The first-order valence-corrected chi connectivity index (χ1v) is 8.06. The fourth-order valence-electron chi connectivity index (χ4n) is 1.93. The SMILES string of the molecule is CCCCCCCCCC=C(C)C(=O)OCCCC. The van der Waals surface area contributed by atoms with Crippen LogP contribution >= 0.6 is 0 Å². The number of esters is 1. The average molecular weight is 268 g/mol. The predicted molar refractivity (Wildman–Crippen MR) is 82.2 cm³/mol. The Morgan fingerprint density at radius 2 is 1.47 bits per heavy atom. The second kappa shape index (κ2) is 13.6. The third kappa shape index (κ3) is 12.0. The van der Waals surface area contributed by atoms with Crippen molar-refractivity contribution in [3.63, 3.8) is 0 Å². The minimum absolute atomic E-state index is 0.142. The first-order valence-electron chi connectivity index (χ1n) is 8.06. The van der Waals surface area contributed by atoms with Crippen molar-refractivity contribution in [2.45, 2.75) is 85.0 Å². The number of rotatable bonds is 12. The van der Waals surface area contributed by atoms with E-state index in [4.69, 9.17) is 4.74 Å². The average Bonchev–Trinajstić information content (AvgIpc) is 2.41. The van der Waals surface area contributed by atoms with Crippen LogP contribution in [0.15, 0.2) is 11.6 Å². The van der Waals surface area contributed by atoms with Gasteiger partial charge in [0.25, 0.3) is 0 Å². The van der Waals surface area contributed by atoms with Crippen LogP contribution in [-0.4, -0.2) is 12.6 Å². The van der Waals surface area contributed by atoms with Crippen LogP contribution in [0.5, 0.6) is 0 Å². The van der Waals surface area contributed by atoms with Crippen LogP contribution in [0.1, 0.15) is 85.0 Å². The topological polar surface area (TPSA) is 26.3 Å². The summed E-state index contributed by atoms with van der Waals surface area (Å²) in [5.41, 5.74) is 0.766. The standard InChI is InChI=1S/C17H32O2/c1-4-6-8-9-10-11-12-13-14-16(3)17(18)19-15-7-5-2/h14H,4-13,15H2,1-3H3. The number of hydrogen-bond donors (Lipinski definition) is 0. The maximum atomic E-state index is 11.6. The molecule has 2 nitrogen and oxygen atoms in total. The highest BCUT2D eigenvalue weighted by Crippen LogP contribution is 2.10. The van der Waals surface area contributed by atoms with E-state index in [0.717, 1.165) is 24.8 Å². The summed E-state index contributed by atoms with van der Waals surface area (Å²) in [5.74, 6) is -0.142. The van der Waals surface area contributed by atoms with Crippen molar-refractivity contribution < 1.29 is 9.53 Å². The van der Waals surface area contributed by atoms with Gasteiger partial charge in [-0.1, -0.05) is 64.9 Å². The highest BCUT2D eigenvalue weighted by Gasteiger charge is 2.04. The monoisotopic (exact) mass is 268 g/mol. The number of unbranched alkanes of at least 4 members (excludes halogenated alkanes) is 8. The molecule has 0 aromatic rings. The molecular formula is C17H32O2. The Bertz CT molecular complexity index is 244. The van der Waals surface area contributed by atoms with E-state index in [-0.39, 0.29) is 5.97 Å². The molecule has 0 rings (SSSR count). The minimum Gasteiger partial charge on any atom is -0.462 e. The second-order valence-corrected chi connectivity index (χ2v) is 5.29. The molecule has 0 aromatic carbocycles. The summed E-state index contributed by atoms with van der Waals surface area (Å²) in [5, 5.41) is 0. The smallest absolute Gasteiger partial charge is 0.333 e. The summed E-state index contributed by atoms with van der Waals surface area (Å²) in [7, 11) is 0. The highest BCUT2D eigenvalue weighted by atomic mass is 16.5. The Hall–Kier alpha value is -0.790. The molecule has 0 saturated heterocycles. The van der Waals surface area contributed by atoms with E-state index in [1.165, 1.54) is 44.9 Å². The highest BCUT2D eigenvalue weighted by molar-refractivity contribution is 5.87. The quantitative estimate of drug-likeness (QED) is 0.268. The normalized spacial score (nSPS) is 11.6. The third-order valence-corrected chi connectivity index (χ3v) is 3.31. The van der Waals surface area contributed by atoms with Crippen LogP contribution in [0.2, 0.25) is 0 Å². The van der Waals surface area contributed by atoms with Gasteiger partial charge in [-0.15, -0.1) is 0 Å². The van der Waals surface area contributed by atoms with Crippen LogP contribution < -0.4 is 0 Å². The van der Waals surface area contributed by atoms with Gasteiger partial charge in [0, 0.05) is 5.57 Å². The van der Waals surface area contributed by atoms with Crippen LogP contribution in [-0.2, 0) is 9.53 Å². The van der Waals surface area contributed by atoms with E-state index in [2.05, 4.69) is 13.8 Å². The number of hydrogen-bond acceptors (Lipinski definition) is 2. The van der Waals surface area contributed by atoms with Crippen LogP contribution in [0.25, 0.3) is 0 Å². The molecule has 0 radical (unpaired) electrons. The van der Waals surface area contributed by atoms with Gasteiger partial charge in [-0.3, -0.25) is 0 Å². The molecule has 112 valence electrons. The number of carbonyl (C=O) groups is 1. The van der Waals surface area contributed by atoms with E-state index in [9.17, 15) is 4.79 Å². The van der Waals surface area contributed by atoms with Gasteiger partial charge in [-0.25, -0.2) is 4.79 Å². The molecular weight excluding hydrogens is 236 g/mol. The zero-order valence-corrected chi connectivity index (χ0v) is 13.2. The molecule has 0 bridgehead atoms. The van der Waals surface area contributed by atoms with Gasteiger partial charge in [0.1, 0.15) is 0 Å². The molecule has 0 aliphatic carbocycles. The summed E-state index contributed by atoms with van der Waals surface area (Å²) in [6.45, 7) is 6.75. The van der Waals surface area contributed by atoms with Crippen LogP contribution in [0, 0.1) is 0 Å². The summed E-state index contributed by atoms with van der Waals surface area (Å²) in [6.07, 6.45) is 14.2. The zero-order chi connectivity index (χ0) is 14.3. The molecule has 0 aliphatic heterocycles. The second-order valence-electron chi connectivity index (χ2n) is 5.29. The zero-order valence-electron chi connectivity index (χ0n) is 13.2. The summed E-state index contributed by atoms with van der Waals surface area (Å²) >= 11 is 0. The van der Waals surface area contributed by atoms with Gasteiger partial charge in [-0.2, -0.15) is 0 Å². The van der Waals surface area contributed by atoms with Crippen molar-refractivity contribution >= 4 is 5.97 Å². The predicted octanol–water partition coefficient (Wildman–Crippen LogP) is 5.42. The molecule has 0 amide bonds. The summed E-state index contributed by atoms with van der Waals surface area (Å²) in [6, 6.07) is 0. The van der Waals surface area contributed by atoms with Crippen molar-refractivity contribution in [2.75, 3.05) is 6.61 Å². The third-order valence-electron chi connectivity index (χ3n) is 3.31. The molecule has 0 fully saturated rings. The Balaban J connectivity index is 3.50. The van der Waals surface area contributed by atoms with Crippen molar-refractivity contribution in [3.05, 3.63) is 11.6 Å². The van der Waals surface area contributed by atoms with Crippen LogP contribution in [0.3, 0.4) is 0 Å². The molecule has 2 heteroatoms. The fraction of sp³-hybridized carbons (Fsp3) is 0.824. The Morgan fingerprint density at radius 1 is 0.895 bits per heavy atom. The maximum Gasteiger partial charge on any atom is 0.333 e. The Kier molecular flexibility index (Phi) is 13.1. The molecule has 19 heavy (non-hydrogen) atoms. The molecule has 0 unspecified atom stereocenters. The van der Waals surface area contributed by atoms with Gasteiger partial charge in [0.15, 0.2) is 0 Å². The van der Waals surface area contributed by atoms with E-state index in [1.54, 1.807) is 0 Å². The molecule has 0 N–H and O–H groups in total. The van der Waals surface area contributed by atoms with Crippen molar-refractivity contribution in [3.8, 4) is 0 Å². The molecule has 0 aliphatic rings. The Labute approximate surface area is 119 Å². The van der Waals surface area contributed by atoms with Crippen molar-refractivity contribution in [2.24, 2.45) is 0 Å². The first-order chi connectivity index (χ1) is 9.22. The molecule has 0 atom stereocenters. The lowest BCUT2D eigenvalue weighted by molar-refractivity contribution is -0.139. The minimum atomic E-state index is -0.142. The first kappa shape index (κ1) is 18.2. The van der Waals surface area contributed by atoms with E-state index < -0.39 is 0 Å². The lowest BCUT2D eigenvalue weighted by Crippen LogP contribution is -2.06. The van der Waals surface area contributed by atoms with Crippen LogP contribution in [0.4, 0.5) is 0 Å². The van der Waals surface area contributed by atoms with E-state index in [0.29, 0.717) is 6.61 Å². The number of ether oxygens (including phenoxy) is 1. The Morgan fingerprint density at radius 3 is 2.11 bits per heavy atom. The van der Waals surface area contributed by atoms with Crippen molar-refractivity contribution in [1.29, 1.82) is 0 Å². The van der Waals surface area contributed by atoms with Gasteiger partial charge in [0.05, 0.1) is 6.61 Å². The number of allylic oxidation sites excluding steroid dienone is 1. The van der Waals surface area contributed by atoms with E-state index >= 15 is 0 Å². The van der Waals surface area contributed by atoms with E-state index in [1.807, 2.05) is 13.0 Å². The van der Waals surface area contributed by atoms with Gasteiger partial charge < -0.3 is 4.74 Å². The van der Waals surface area contributed by atoms with Crippen molar-refractivity contribution in [1.82, 2.24) is 0 Å². The summed E-state index contributed by atoms with van der Waals surface area (Å²) in [4.78, 5) is 11.6. The largest absolute Gasteiger partial charge is 0.462 e. The summed E-state index contributed by atoms with van der Waals surface area (Å²) < 4.78 is 5.16. The lowest BCUT2D eigenvalue weighted by atomic mass is 10.1. The molecule has 0 spiro atoms. The van der Waals surface area contributed by atoms with Gasteiger partial charge in [-0.05, 0) is 26.2 Å². The fourth-order valence-corrected chi connectivity index (χ4v) is 1.93.